The summed E-state index contributed by atoms with van der Waals surface area (Å²) < 4.78 is 28.2. The molecule has 100 valence electrons. The van der Waals surface area contributed by atoms with E-state index in [9.17, 15) is 18.3 Å². The van der Waals surface area contributed by atoms with Crippen molar-refractivity contribution in [3.8, 4) is 0 Å². The van der Waals surface area contributed by atoms with Gasteiger partial charge in [0.25, 0.3) is 0 Å². The van der Waals surface area contributed by atoms with E-state index >= 15 is 0 Å². The molecule has 0 saturated carbocycles. The molecule has 2 heterocycles. The number of nitrogens with one attached hydrogen (secondary N) is 1. The van der Waals surface area contributed by atoms with Gasteiger partial charge in [-0.05, 0) is 18.2 Å². The zero-order valence-corrected chi connectivity index (χ0v) is 11.4. The summed E-state index contributed by atoms with van der Waals surface area (Å²) in [7, 11) is -2.09. The maximum Gasteiger partial charge on any atom is 0.325 e. The molecule has 1 saturated heterocycles. The number of carbonyl (C=O) groups is 1. The number of carboxylic acid groups (broad SMARTS) is 1. The van der Waals surface area contributed by atoms with Gasteiger partial charge in [0.1, 0.15) is 5.54 Å². The summed E-state index contributed by atoms with van der Waals surface area (Å²) >= 11 is 1.44. The predicted octanol–water partition coefficient (Wildman–Crippen LogP) is 0.264. The Hall–Kier alpha value is -0.990. The number of hydrogen-bond donors (Lipinski definition) is 2. The van der Waals surface area contributed by atoms with Gasteiger partial charge in [-0.1, -0.05) is 0 Å². The van der Waals surface area contributed by atoms with Crippen molar-refractivity contribution < 1.29 is 18.3 Å². The van der Waals surface area contributed by atoms with Crippen LogP contribution in [0.3, 0.4) is 0 Å². The van der Waals surface area contributed by atoms with Crippen molar-refractivity contribution in [2.45, 2.75) is 16.9 Å². The fourth-order valence-corrected chi connectivity index (χ4v) is 4.67. The van der Waals surface area contributed by atoms with Gasteiger partial charge in [0.15, 0.2) is 0 Å². The molecule has 1 aromatic heterocycles. The molecule has 1 aliphatic heterocycles. The summed E-state index contributed by atoms with van der Waals surface area (Å²) in [5.41, 5.74) is -1.38. The lowest BCUT2D eigenvalue weighted by Gasteiger charge is -2.23. The second kappa shape index (κ2) is 4.60. The van der Waals surface area contributed by atoms with E-state index < -0.39 is 21.5 Å². The molecule has 18 heavy (non-hydrogen) atoms. The van der Waals surface area contributed by atoms with E-state index in [0.29, 0.717) is 12.2 Å². The molecule has 0 aromatic carbocycles. The van der Waals surface area contributed by atoms with Crippen molar-refractivity contribution in [2.24, 2.45) is 7.05 Å². The molecule has 0 aliphatic carbocycles. The van der Waals surface area contributed by atoms with Crippen LogP contribution in [-0.4, -0.2) is 41.1 Å². The van der Waals surface area contributed by atoms with Gasteiger partial charge in [0, 0.05) is 25.2 Å². The number of aromatic nitrogens is 1. The Morgan fingerprint density at radius 2 is 2.33 bits per heavy atom. The van der Waals surface area contributed by atoms with E-state index in [1.54, 1.807) is 17.8 Å². The summed E-state index contributed by atoms with van der Waals surface area (Å²) in [5, 5.41) is 9.23. The summed E-state index contributed by atoms with van der Waals surface area (Å²) in [5.74, 6) is -0.218. The number of thioether (sulfide) groups is 1. The number of aliphatic carboxylic acids is 1. The Balaban J connectivity index is 2.29. The Kier molecular flexibility index (Phi) is 3.43. The van der Waals surface area contributed by atoms with Gasteiger partial charge in [0.2, 0.25) is 10.0 Å². The van der Waals surface area contributed by atoms with Crippen molar-refractivity contribution in [3.63, 3.8) is 0 Å². The lowest BCUT2D eigenvalue weighted by Crippen LogP contribution is -2.54. The Morgan fingerprint density at radius 1 is 1.61 bits per heavy atom. The van der Waals surface area contributed by atoms with Crippen LogP contribution in [0, 0.1) is 0 Å². The first-order chi connectivity index (χ1) is 8.36. The average Bonchev–Trinajstić information content (AvgIpc) is 2.87. The lowest BCUT2D eigenvalue weighted by atomic mass is 10.0. The number of sulfonamides is 1. The number of nitrogens with zero attached hydrogens (tertiary/aromatic N) is 1. The van der Waals surface area contributed by atoms with Crippen LogP contribution in [0.4, 0.5) is 0 Å². The molecule has 1 aromatic rings. The third kappa shape index (κ3) is 2.40. The van der Waals surface area contributed by atoms with Gasteiger partial charge in [-0.2, -0.15) is 16.5 Å². The van der Waals surface area contributed by atoms with E-state index in [2.05, 4.69) is 4.72 Å². The van der Waals surface area contributed by atoms with Crippen LogP contribution in [0.2, 0.25) is 0 Å². The lowest BCUT2D eigenvalue weighted by molar-refractivity contribution is -0.142. The van der Waals surface area contributed by atoms with Gasteiger partial charge in [-0.25, -0.2) is 8.42 Å². The predicted molar refractivity (Wildman–Crippen MR) is 68.0 cm³/mol. The topological polar surface area (TPSA) is 88.4 Å². The third-order valence-electron chi connectivity index (χ3n) is 2.88. The minimum atomic E-state index is -3.79. The minimum absolute atomic E-state index is 0.0857. The van der Waals surface area contributed by atoms with E-state index in [1.165, 1.54) is 24.0 Å². The standard InChI is InChI=1S/C10H14N2O4S2/c1-12-4-2-8(6-12)18(15,16)11-10(9(13)14)3-5-17-7-10/h2,4,6,11H,3,5,7H2,1H3,(H,13,14). The first-order valence-corrected chi connectivity index (χ1v) is 7.97. The second-order valence-corrected chi connectivity index (χ2v) is 7.10. The zero-order valence-electron chi connectivity index (χ0n) is 9.79. The zero-order chi connectivity index (χ0) is 13.4. The van der Waals surface area contributed by atoms with Crippen molar-refractivity contribution in [1.29, 1.82) is 0 Å². The molecule has 0 radical (unpaired) electrons. The Morgan fingerprint density at radius 3 is 2.78 bits per heavy atom. The minimum Gasteiger partial charge on any atom is -0.480 e. The SMILES string of the molecule is Cn1ccc(S(=O)(=O)NC2(C(=O)O)CCSC2)c1. The average molecular weight is 290 g/mol. The summed E-state index contributed by atoms with van der Waals surface area (Å²) in [6, 6.07) is 1.44. The highest BCUT2D eigenvalue weighted by molar-refractivity contribution is 7.99. The normalized spacial score (nSPS) is 24.3. The van der Waals surface area contributed by atoms with Crippen molar-refractivity contribution in [2.75, 3.05) is 11.5 Å². The number of rotatable bonds is 4. The highest BCUT2D eigenvalue weighted by Gasteiger charge is 2.45. The van der Waals surface area contributed by atoms with Gasteiger partial charge in [-0.15, -0.1) is 0 Å². The van der Waals surface area contributed by atoms with Crippen LogP contribution in [-0.2, 0) is 21.9 Å². The first-order valence-electron chi connectivity index (χ1n) is 5.33. The molecule has 2 N–H and O–H groups in total. The van der Waals surface area contributed by atoms with E-state index in [1.807, 2.05) is 0 Å². The molecule has 0 bridgehead atoms. The van der Waals surface area contributed by atoms with Crippen LogP contribution >= 0.6 is 11.8 Å². The van der Waals surface area contributed by atoms with Crippen molar-refractivity contribution in [1.82, 2.24) is 9.29 Å². The number of hydrogen-bond acceptors (Lipinski definition) is 4. The van der Waals surface area contributed by atoms with Crippen LogP contribution < -0.4 is 4.72 Å². The van der Waals surface area contributed by atoms with Crippen molar-refractivity contribution in [3.05, 3.63) is 18.5 Å². The number of carboxylic acids is 1. The fraction of sp³-hybridized carbons (Fsp3) is 0.500. The van der Waals surface area contributed by atoms with Gasteiger partial charge < -0.3 is 9.67 Å². The molecular formula is C10H14N2O4S2. The summed E-state index contributed by atoms with van der Waals surface area (Å²) in [6.45, 7) is 0. The molecule has 8 heteroatoms. The van der Waals surface area contributed by atoms with E-state index in [4.69, 9.17) is 0 Å². The first kappa shape index (κ1) is 13.4. The molecule has 0 spiro atoms. The quantitative estimate of drug-likeness (QED) is 0.830. The van der Waals surface area contributed by atoms with Crippen LogP contribution in [0.1, 0.15) is 6.42 Å². The maximum absolute atomic E-state index is 12.1. The molecule has 1 aliphatic rings. The van der Waals surface area contributed by atoms with Crippen LogP contribution in [0.15, 0.2) is 23.4 Å². The fourth-order valence-electron chi connectivity index (χ4n) is 1.81. The molecule has 1 atom stereocenters. The van der Waals surface area contributed by atoms with Crippen LogP contribution in [0.25, 0.3) is 0 Å². The van der Waals surface area contributed by atoms with Gasteiger partial charge in [-0.3, -0.25) is 4.79 Å². The molecule has 6 nitrogen and oxygen atoms in total. The summed E-state index contributed by atoms with van der Waals surface area (Å²) in [4.78, 5) is 11.4. The van der Waals surface area contributed by atoms with Gasteiger partial charge >= 0.3 is 5.97 Å². The molecular weight excluding hydrogens is 276 g/mol. The molecule has 1 unspecified atom stereocenters. The monoisotopic (exact) mass is 290 g/mol. The van der Waals surface area contributed by atoms with Gasteiger partial charge in [0.05, 0.1) is 4.90 Å². The molecule has 1 fully saturated rings. The molecule has 2 rings (SSSR count). The number of aryl methyl sites for hydroxylation is 1. The second-order valence-electron chi connectivity index (χ2n) is 4.31. The summed E-state index contributed by atoms with van der Waals surface area (Å²) in [6.07, 6.45) is 3.35. The maximum atomic E-state index is 12.1. The Labute approximate surface area is 109 Å². The smallest absolute Gasteiger partial charge is 0.325 e. The van der Waals surface area contributed by atoms with Crippen LogP contribution in [0.5, 0.6) is 0 Å². The highest BCUT2D eigenvalue weighted by atomic mass is 32.2. The van der Waals surface area contributed by atoms with E-state index in [-0.39, 0.29) is 10.6 Å². The Bertz CT molecular complexity index is 558. The van der Waals surface area contributed by atoms with E-state index in [0.717, 1.165) is 0 Å². The van der Waals surface area contributed by atoms with Crippen molar-refractivity contribution >= 4 is 27.8 Å². The third-order valence-corrected chi connectivity index (χ3v) is 5.59. The largest absolute Gasteiger partial charge is 0.480 e. The highest BCUT2D eigenvalue weighted by Crippen LogP contribution is 2.30. The molecule has 0 amide bonds.